The molecule has 3 rings (SSSR count). The molecule has 0 bridgehead atoms. The van der Waals surface area contributed by atoms with E-state index < -0.39 is 6.10 Å². The number of ether oxygens (including phenoxy) is 2. The molecule has 1 saturated carbocycles. The van der Waals surface area contributed by atoms with E-state index in [1.807, 2.05) is 19.1 Å². The maximum atomic E-state index is 12.2. The standard InChI is InChI=1S/C27H37NO4S/c1-3-32-26(27(30)31-2)15-21-9-12-22(13-10-21)23-16-25(33-19-23)18-28-17-24(29)14-11-20-7-5-4-6-8-20/h9-10,12-13,16,19-20,26,28H,3-8,11,14-15,17-18H2,1-2H3/t26-/m0/s1. The smallest absolute Gasteiger partial charge is 0.335 e. The third-order valence-electron chi connectivity index (χ3n) is 6.37. The van der Waals surface area contributed by atoms with Crippen LogP contribution in [0.4, 0.5) is 0 Å². The third kappa shape index (κ3) is 8.36. The van der Waals surface area contributed by atoms with Gasteiger partial charge in [-0.15, -0.1) is 11.3 Å². The van der Waals surface area contributed by atoms with Crippen molar-refractivity contribution in [2.24, 2.45) is 5.92 Å². The Labute approximate surface area is 201 Å². The first-order chi connectivity index (χ1) is 16.1. The lowest BCUT2D eigenvalue weighted by atomic mass is 9.86. The van der Waals surface area contributed by atoms with Crippen LogP contribution in [-0.2, 0) is 32.0 Å². The van der Waals surface area contributed by atoms with Crippen LogP contribution in [0, 0.1) is 5.92 Å². The molecule has 1 aromatic heterocycles. The number of thiophene rings is 1. The fraction of sp³-hybridized carbons (Fsp3) is 0.556. The molecule has 1 aromatic carbocycles. The molecule has 0 unspecified atom stereocenters. The second kappa shape index (κ2) is 13.6. The Kier molecular flexibility index (Phi) is 10.6. The predicted molar refractivity (Wildman–Crippen MR) is 133 cm³/mol. The van der Waals surface area contributed by atoms with Gasteiger partial charge >= 0.3 is 5.97 Å². The molecule has 0 aliphatic heterocycles. The number of hydrogen-bond donors (Lipinski definition) is 1. The molecule has 1 aliphatic rings. The summed E-state index contributed by atoms with van der Waals surface area (Å²) in [4.78, 5) is 25.3. The van der Waals surface area contributed by atoms with Gasteiger partial charge in [-0.3, -0.25) is 4.79 Å². The van der Waals surface area contributed by atoms with Crippen LogP contribution in [0.25, 0.3) is 11.1 Å². The number of carbonyl (C=O) groups is 2. The average molecular weight is 472 g/mol. The summed E-state index contributed by atoms with van der Waals surface area (Å²) in [5, 5.41) is 5.46. The van der Waals surface area contributed by atoms with Crippen LogP contribution in [0.15, 0.2) is 35.7 Å². The number of carbonyl (C=O) groups excluding carboxylic acids is 2. The van der Waals surface area contributed by atoms with Gasteiger partial charge in [-0.25, -0.2) is 4.79 Å². The highest BCUT2D eigenvalue weighted by molar-refractivity contribution is 7.10. The molecule has 0 radical (unpaired) electrons. The fourth-order valence-corrected chi connectivity index (χ4v) is 5.33. The van der Waals surface area contributed by atoms with Crippen LogP contribution in [0.5, 0.6) is 0 Å². The number of esters is 1. The lowest BCUT2D eigenvalue weighted by molar-refractivity contribution is -0.153. The van der Waals surface area contributed by atoms with Crippen LogP contribution in [0.1, 0.15) is 62.3 Å². The predicted octanol–water partition coefficient (Wildman–Crippen LogP) is 5.55. The van der Waals surface area contributed by atoms with Gasteiger partial charge in [0.25, 0.3) is 0 Å². The number of nitrogens with one attached hydrogen (secondary N) is 1. The van der Waals surface area contributed by atoms with E-state index in [2.05, 4.69) is 28.9 Å². The van der Waals surface area contributed by atoms with Crippen molar-refractivity contribution in [3.8, 4) is 11.1 Å². The van der Waals surface area contributed by atoms with Crippen molar-refractivity contribution in [3.05, 3.63) is 46.2 Å². The number of hydrogen-bond acceptors (Lipinski definition) is 6. The summed E-state index contributed by atoms with van der Waals surface area (Å²) in [6.07, 6.45) is 8.33. The van der Waals surface area contributed by atoms with Crippen molar-refractivity contribution in [2.75, 3.05) is 20.3 Å². The SMILES string of the molecule is CCO[C@@H](Cc1ccc(-c2csc(CNCC(=O)CCC3CCCCC3)c2)cc1)C(=O)OC. The van der Waals surface area contributed by atoms with Gasteiger partial charge in [0.05, 0.1) is 13.7 Å². The van der Waals surface area contributed by atoms with Crippen LogP contribution >= 0.6 is 11.3 Å². The Morgan fingerprint density at radius 3 is 2.58 bits per heavy atom. The largest absolute Gasteiger partial charge is 0.467 e. The van der Waals surface area contributed by atoms with Gasteiger partial charge in [-0.2, -0.15) is 0 Å². The van der Waals surface area contributed by atoms with E-state index in [0.717, 1.165) is 23.5 Å². The van der Waals surface area contributed by atoms with E-state index in [9.17, 15) is 9.59 Å². The minimum absolute atomic E-state index is 0.324. The molecule has 6 heteroatoms. The van der Waals surface area contributed by atoms with Gasteiger partial charge in [0.2, 0.25) is 0 Å². The highest BCUT2D eigenvalue weighted by atomic mass is 32.1. The molecule has 1 N–H and O–H groups in total. The molecular formula is C27H37NO4S. The second-order valence-electron chi connectivity index (χ2n) is 8.85. The van der Waals surface area contributed by atoms with Gasteiger partial charge < -0.3 is 14.8 Å². The highest BCUT2D eigenvalue weighted by Gasteiger charge is 2.20. The van der Waals surface area contributed by atoms with Gasteiger partial charge in [-0.1, -0.05) is 56.4 Å². The summed E-state index contributed by atoms with van der Waals surface area (Å²) >= 11 is 1.71. The zero-order valence-corrected chi connectivity index (χ0v) is 20.8. The highest BCUT2D eigenvalue weighted by Crippen LogP contribution is 2.28. The number of ketones is 1. The van der Waals surface area contributed by atoms with Crippen molar-refractivity contribution in [3.63, 3.8) is 0 Å². The lowest BCUT2D eigenvalue weighted by Crippen LogP contribution is -2.28. The summed E-state index contributed by atoms with van der Waals surface area (Å²) < 4.78 is 10.3. The molecule has 0 amide bonds. The quantitative estimate of drug-likeness (QED) is 0.388. The van der Waals surface area contributed by atoms with E-state index in [1.165, 1.54) is 49.7 Å². The maximum Gasteiger partial charge on any atom is 0.335 e. The van der Waals surface area contributed by atoms with Crippen molar-refractivity contribution in [1.82, 2.24) is 5.32 Å². The third-order valence-corrected chi connectivity index (χ3v) is 7.31. The van der Waals surface area contributed by atoms with Crippen LogP contribution < -0.4 is 5.32 Å². The number of rotatable bonds is 13. The zero-order valence-electron chi connectivity index (χ0n) is 19.9. The van der Waals surface area contributed by atoms with E-state index in [-0.39, 0.29) is 5.97 Å². The Hall–Kier alpha value is -2.02. The Morgan fingerprint density at radius 2 is 1.88 bits per heavy atom. The normalized spacial score (nSPS) is 15.3. The molecule has 2 aromatic rings. The average Bonchev–Trinajstić information content (AvgIpc) is 3.32. The first kappa shape index (κ1) is 25.6. The fourth-order valence-electron chi connectivity index (χ4n) is 4.47. The Bertz CT molecular complexity index is 871. The summed E-state index contributed by atoms with van der Waals surface area (Å²) in [6.45, 7) is 3.51. The van der Waals surface area contributed by atoms with E-state index in [4.69, 9.17) is 9.47 Å². The summed E-state index contributed by atoms with van der Waals surface area (Å²) in [6, 6.07) is 10.4. The molecule has 5 nitrogen and oxygen atoms in total. The van der Waals surface area contributed by atoms with E-state index >= 15 is 0 Å². The lowest BCUT2D eigenvalue weighted by Gasteiger charge is -2.20. The van der Waals surface area contributed by atoms with Gasteiger partial charge in [0.1, 0.15) is 5.78 Å². The number of Topliss-reactive ketones (excluding diaryl/α,β-unsaturated/α-hetero) is 1. The van der Waals surface area contributed by atoms with Gasteiger partial charge in [-0.05, 0) is 47.4 Å². The van der Waals surface area contributed by atoms with Crippen molar-refractivity contribution in [1.29, 1.82) is 0 Å². The van der Waals surface area contributed by atoms with Gasteiger partial charge in [0.15, 0.2) is 6.10 Å². The zero-order chi connectivity index (χ0) is 23.5. The Morgan fingerprint density at radius 1 is 1.12 bits per heavy atom. The monoisotopic (exact) mass is 471 g/mol. The summed E-state index contributed by atoms with van der Waals surface area (Å²) in [7, 11) is 1.38. The van der Waals surface area contributed by atoms with Crippen molar-refractivity contribution in [2.45, 2.75) is 70.9 Å². The molecule has 33 heavy (non-hydrogen) atoms. The molecule has 0 saturated heterocycles. The molecule has 1 fully saturated rings. The molecule has 1 atom stereocenters. The van der Waals surface area contributed by atoms with E-state index in [1.54, 1.807) is 11.3 Å². The maximum absolute atomic E-state index is 12.2. The van der Waals surface area contributed by atoms with Gasteiger partial charge in [0, 0.05) is 30.9 Å². The molecule has 1 heterocycles. The Balaban J connectivity index is 1.43. The summed E-state index contributed by atoms with van der Waals surface area (Å²) in [5.74, 6) is 0.744. The first-order valence-corrected chi connectivity index (χ1v) is 13.1. The first-order valence-electron chi connectivity index (χ1n) is 12.2. The van der Waals surface area contributed by atoms with Crippen molar-refractivity contribution < 1.29 is 19.1 Å². The topological polar surface area (TPSA) is 64.6 Å². The number of benzene rings is 1. The van der Waals surface area contributed by atoms with Crippen LogP contribution in [0.2, 0.25) is 0 Å². The van der Waals surface area contributed by atoms with E-state index in [0.29, 0.717) is 38.3 Å². The molecular weight excluding hydrogens is 434 g/mol. The second-order valence-corrected chi connectivity index (χ2v) is 9.85. The number of methoxy groups -OCH3 is 1. The molecule has 180 valence electrons. The van der Waals surface area contributed by atoms with Crippen molar-refractivity contribution >= 4 is 23.1 Å². The molecule has 1 aliphatic carbocycles. The minimum Gasteiger partial charge on any atom is -0.467 e. The molecule has 0 spiro atoms. The summed E-state index contributed by atoms with van der Waals surface area (Å²) in [5.41, 5.74) is 3.34. The minimum atomic E-state index is -0.574. The van der Waals surface area contributed by atoms with Crippen LogP contribution in [-0.4, -0.2) is 38.1 Å². The van der Waals surface area contributed by atoms with Crippen LogP contribution in [0.3, 0.4) is 0 Å².